The fraction of sp³-hybridized carbons (Fsp3) is 0.355. The molecule has 4 rings (SSSR count). The van der Waals surface area contributed by atoms with Crippen molar-refractivity contribution in [1.29, 1.82) is 0 Å². The number of aryl methyl sites for hydroxylation is 1. The van der Waals surface area contributed by atoms with Gasteiger partial charge in [0.15, 0.2) is 0 Å². The van der Waals surface area contributed by atoms with E-state index in [-0.39, 0.29) is 30.5 Å². The number of amides is 2. The molecule has 212 valence electrons. The molecule has 7 nitrogen and oxygen atoms in total. The van der Waals surface area contributed by atoms with E-state index in [1.807, 2.05) is 30.3 Å². The Hall–Kier alpha value is -3.72. The van der Waals surface area contributed by atoms with Crippen LogP contribution in [-0.4, -0.2) is 50.0 Å². The number of nitrogens with zero attached hydrogens (tertiary/aromatic N) is 2. The van der Waals surface area contributed by atoms with Crippen LogP contribution in [0.1, 0.15) is 42.4 Å². The molecule has 0 bridgehead atoms. The number of hydrogen-bond acceptors (Lipinski definition) is 4. The Bertz CT molecular complexity index is 1430. The molecule has 1 aliphatic rings. The Kier molecular flexibility index (Phi) is 9.58. The molecule has 0 heterocycles. The Labute approximate surface area is 236 Å². The zero-order chi connectivity index (χ0) is 28.7. The van der Waals surface area contributed by atoms with Crippen LogP contribution < -0.4 is 9.62 Å². The third kappa shape index (κ3) is 7.47. The van der Waals surface area contributed by atoms with Crippen molar-refractivity contribution in [3.8, 4) is 0 Å². The molecular formula is C31H36FN3O4S. The number of para-hydroxylation sites is 1. The zero-order valence-electron chi connectivity index (χ0n) is 22.9. The van der Waals surface area contributed by atoms with E-state index in [0.717, 1.165) is 41.8 Å². The van der Waals surface area contributed by atoms with Crippen LogP contribution in [0.25, 0.3) is 0 Å². The molecule has 1 N–H and O–H groups in total. The average Bonchev–Trinajstić information content (AvgIpc) is 3.43. The van der Waals surface area contributed by atoms with Crippen LogP contribution >= 0.6 is 0 Å². The first kappa shape index (κ1) is 29.3. The number of anilines is 1. The summed E-state index contributed by atoms with van der Waals surface area (Å²) in [6.07, 6.45) is 5.00. The topological polar surface area (TPSA) is 86.8 Å². The van der Waals surface area contributed by atoms with Gasteiger partial charge in [-0.3, -0.25) is 13.9 Å². The van der Waals surface area contributed by atoms with Gasteiger partial charge in [-0.15, -0.1) is 0 Å². The predicted molar refractivity (Wildman–Crippen MR) is 155 cm³/mol. The van der Waals surface area contributed by atoms with Crippen molar-refractivity contribution < 1.29 is 22.4 Å². The molecule has 2 amide bonds. The summed E-state index contributed by atoms with van der Waals surface area (Å²) in [5.41, 5.74) is 2.13. The van der Waals surface area contributed by atoms with Gasteiger partial charge in [-0.2, -0.15) is 0 Å². The third-order valence-electron chi connectivity index (χ3n) is 7.33. The minimum atomic E-state index is -3.86. The molecule has 3 aromatic carbocycles. The van der Waals surface area contributed by atoms with Crippen LogP contribution in [-0.2, 0) is 32.6 Å². The highest BCUT2D eigenvalue weighted by Gasteiger charge is 2.34. The van der Waals surface area contributed by atoms with Crippen molar-refractivity contribution in [2.24, 2.45) is 0 Å². The molecule has 0 unspecified atom stereocenters. The summed E-state index contributed by atoms with van der Waals surface area (Å²) in [7, 11) is -3.86. The molecular weight excluding hydrogens is 529 g/mol. The molecule has 0 saturated heterocycles. The first-order chi connectivity index (χ1) is 19.1. The lowest BCUT2D eigenvalue weighted by Crippen LogP contribution is -2.54. The van der Waals surface area contributed by atoms with Crippen molar-refractivity contribution in [2.45, 2.75) is 57.7 Å². The molecule has 9 heteroatoms. The SMILES string of the molecule is Cc1ccccc1N(CC(=O)N(Cc1ccccc1F)[C@H](Cc1ccccc1)C(=O)NC1CCCC1)S(C)(=O)=O. The van der Waals surface area contributed by atoms with Crippen molar-refractivity contribution in [2.75, 3.05) is 17.1 Å². The van der Waals surface area contributed by atoms with Crippen molar-refractivity contribution in [3.05, 3.63) is 101 Å². The van der Waals surface area contributed by atoms with Crippen LogP contribution in [0.15, 0.2) is 78.9 Å². The Morgan fingerprint density at radius 1 is 0.950 bits per heavy atom. The molecule has 1 atom stereocenters. The summed E-state index contributed by atoms with van der Waals surface area (Å²) < 4.78 is 41.7. The van der Waals surface area contributed by atoms with E-state index in [4.69, 9.17) is 0 Å². The third-order valence-corrected chi connectivity index (χ3v) is 8.46. The number of benzene rings is 3. The second-order valence-corrected chi connectivity index (χ2v) is 12.3. The number of carbonyl (C=O) groups excluding carboxylic acids is 2. The van der Waals surface area contributed by atoms with Gasteiger partial charge in [0.2, 0.25) is 21.8 Å². The summed E-state index contributed by atoms with van der Waals surface area (Å²) in [6, 6.07) is 21.3. The lowest BCUT2D eigenvalue weighted by molar-refractivity contribution is -0.140. The van der Waals surface area contributed by atoms with Gasteiger partial charge in [-0.1, -0.05) is 79.6 Å². The van der Waals surface area contributed by atoms with Crippen LogP contribution in [0.2, 0.25) is 0 Å². The largest absolute Gasteiger partial charge is 0.352 e. The molecule has 1 aliphatic carbocycles. The van der Waals surface area contributed by atoms with Gasteiger partial charge in [-0.05, 0) is 43.0 Å². The number of halogens is 1. The quantitative estimate of drug-likeness (QED) is 0.368. The number of hydrogen-bond donors (Lipinski definition) is 1. The van der Waals surface area contributed by atoms with Crippen LogP contribution in [0.5, 0.6) is 0 Å². The monoisotopic (exact) mass is 565 g/mol. The Morgan fingerprint density at radius 2 is 1.57 bits per heavy atom. The lowest BCUT2D eigenvalue weighted by atomic mass is 10.0. The molecule has 1 fully saturated rings. The highest BCUT2D eigenvalue weighted by atomic mass is 32.2. The highest BCUT2D eigenvalue weighted by Crippen LogP contribution is 2.24. The van der Waals surface area contributed by atoms with E-state index < -0.39 is 34.3 Å². The average molecular weight is 566 g/mol. The molecule has 1 saturated carbocycles. The first-order valence-corrected chi connectivity index (χ1v) is 15.4. The van der Waals surface area contributed by atoms with Crippen molar-refractivity contribution in [1.82, 2.24) is 10.2 Å². The molecule has 0 aliphatic heterocycles. The van der Waals surface area contributed by atoms with Gasteiger partial charge in [0, 0.05) is 24.6 Å². The fourth-order valence-electron chi connectivity index (χ4n) is 5.17. The molecule has 3 aromatic rings. The van der Waals surface area contributed by atoms with E-state index in [1.54, 1.807) is 49.4 Å². The summed E-state index contributed by atoms with van der Waals surface area (Å²) in [5.74, 6) is -1.43. The van der Waals surface area contributed by atoms with Gasteiger partial charge < -0.3 is 10.2 Å². The predicted octanol–water partition coefficient (Wildman–Crippen LogP) is 4.60. The summed E-state index contributed by atoms with van der Waals surface area (Å²) >= 11 is 0. The Morgan fingerprint density at radius 3 is 2.23 bits per heavy atom. The second-order valence-electron chi connectivity index (χ2n) is 10.4. The molecule has 0 spiro atoms. The van der Waals surface area contributed by atoms with Gasteiger partial charge in [0.05, 0.1) is 11.9 Å². The minimum absolute atomic E-state index is 0.00988. The maximum Gasteiger partial charge on any atom is 0.244 e. The highest BCUT2D eigenvalue weighted by molar-refractivity contribution is 7.92. The normalized spacial score (nSPS) is 14.5. The van der Waals surface area contributed by atoms with E-state index in [2.05, 4.69) is 5.32 Å². The van der Waals surface area contributed by atoms with E-state index in [1.165, 1.54) is 11.0 Å². The van der Waals surface area contributed by atoms with E-state index >= 15 is 0 Å². The van der Waals surface area contributed by atoms with E-state index in [0.29, 0.717) is 11.3 Å². The Balaban J connectivity index is 1.74. The van der Waals surface area contributed by atoms with Crippen LogP contribution in [0, 0.1) is 12.7 Å². The first-order valence-electron chi connectivity index (χ1n) is 13.5. The van der Waals surface area contributed by atoms with Gasteiger partial charge in [-0.25, -0.2) is 12.8 Å². The minimum Gasteiger partial charge on any atom is -0.352 e. The van der Waals surface area contributed by atoms with Crippen molar-refractivity contribution >= 4 is 27.5 Å². The smallest absolute Gasteiger partial charge is 0.244 e. The number of nitrogens with one attached hydrogen (secondary N) is 1. The van der Waals surface area contributed by atoms with Crippen LogP contribution in [0.3, 0.4) is 0 Å². The van der Waals surface area contributed by atoms with E-state index in [9.17, 15) is 22.4 Å². The number of carbonyl (C=O) groups is 2. The summed E-state index contributed by atoms with van der Waals surface area (Å²) in [4.78, 5) is 29.2. The fourth-order valence-corrected chi connectivity index (χ4v) is 6.08. The van der Waals surface area contributed by atoms with Crippen molar-refractivity contribution in [3.63, 3.8) is 0 Å². The van der Waals surface area contributed by atoms with Gasteiger partial charge >= 0.3 is 0 Å². The molecule has 40 heavy (non-hydrogen) atoms. The zero-order valence-corrected chi connectivity index (χ0v) is 23.7. The van der Waals surface area contributed by atoms with Gasteiger partial charge in [0.1, 0.15) is 18.4 Å². The summed E-state index contributed by atoms with van der Waals surface area (Å²) in [6.45, 7) is 1.05. The molecule has 0 aromatic heterocycles. The van der Waals surface area contributed by atoms with Gasteiger partial charge in [0.25, 0.3) is 0 Å². The maximum atomic E-state index is 14.9. The summed E-state index contributed by atoms with van der Waals surface area (Å²) in [5, 5.41) is 3.10. The second kappa shape index (κ2) is 13.1. The molecule has 0 radical (unpaired) electrons. The van der Waals surface area contributed by atoms with Crippen LogP contribution in [0.4, 0.5) is 10.1 Å². The standard InChI is InChI=1S/C31H36FN3O4S/c1-23-12-6-11-19-28(23)35(40(2,38)39)22-30(36)34(21-25-15-7-10-18-27(25)32)29(20-24-13-4-3-5-14-24)31(37)33-26-16-8-9-17-26/h3-7,10-15,18-19,26,29H,8-9,16-17,20-22H2,1-2H3,(H,33,37)/t29-/m1/s1. The maximum absolute atomic E-state index is 14.9. The number of rotatable bonds is 11. The number of sulfonamides is 1. The lowest BCUT2D eigenvalue weighted by Gasteiger charge is -2.34.